The highest BCUT2D eigenvalue weighted by atomic mass is 32.1. The number of benzene rings is 1. The summed E-state index contributed by atoms with van der Waals surface area (Å²) < 4.78 is 1.55. The Balaban J connectivity index is 1.77. The number of aromatic nitrogens is 2. The maximum absolute atomic E-state index is 12.9. The van der Waals surface area contributed by atoms with E-state index < -0.39 is 0 Å². The minimum absolute atomic E-state index is 0.0145. The third-order valence-electron chi connectivity index (χ3n) is 4.80. The summed E-state index contributed by atoms with van der Waals surface area (Å²) >= 11 is 1.63. The van der Waals surface area contributed by atoms with Crippen LogP contribution in [0.1, 0.15) is 33.6 Å². The van der Waals surface area contributed by atoms with Crippen molar-refractivity contribution < 1.29 is 4.79 Å². The van der Waals surface area contributed by atoms with Crippen molar-refractivity contribution in [2.45, 2.75) is 25.7 Å². The van der Waals surface area contributed by atoms with Crippen LogP contribution < -0.4 is 16.2 Å². The average molecular weight is 368 g/mol. The first-order valence-corrected chi connectivity index (χ1v) is 9.50. The molecule has 1 amide bonds. The van der Waals surface area contributed by atoms with Crippen LogP contribution in [0.25, 0.3) is 10.2 Å². The van der Waals surface area contributed by atoms with Crippen LogP contribution in [0.2, 0.25) is 0 Å². The molecule has 0 aliphatic heterocycles. The molecule has 0 fully saturated rings. The molecule has 2 aromatic heterocycles. The van der Waals surface area contributed by atoms with Crippen LogP contribution >= 0.6 is 11.3 Å². The van der Waals surface area contributed by atoms with Crippen molar-refractivity contribution in [1.29, 1.82) is 0 Å². The number of rotatable bonds is 3. The quantitative estimate of drug-likeness (QED) is 0.745. The van der Waals surface area contributed by atoms with E-state index in [1.807, 2.05) is 6.07 Å². The number of fused-ring (bicyclic) bond motifs is 3. The van der Waals surface area contributed by atoms with Crippen molar-refractivity contribution in [2.24, 2.45) is 7.05 Å². The van der Waals surface area contributed by atoms with Gasteiger partial charge in [0, 0.05) is 30.2 Å². The molecule has 0 atom stereocenters. The van der Waals surface area contributed by atoms with Gasteiger partial charge in [-0.05, 0) is 49.4 Å². The van der Waals surface area contributed by atoms with Crippen LogP contribution in [0.15, 0.2) is 29.1 Å². The molecule has 2 N–H and O–H groups in total. The predicted octanol–water partition coefficient (Wildman–Crippen LogP) is 2.98. The van der Waals surface area contributed by atoms with Gasteiger partial charge in [-0.1, -0.05) is 6.07 Å². The monoisotopic (exact) mass is 368 g/mol. The van der Waals surface area contributed by atoms with Crippen LogP contribution in [0, 0.1) is 0 Å². The van der Waals surface area contributed by atoms with Gasteiger partial charge in [0.05, 0.1) is 5.39 Å². The van der Waals surface area contributed by atoms with E-state index in [0.29, 0.717) is 17.2 Å². The van der Waals surface area contributed by atoms with Gasteiger partial charge in [-0.25, -0.2) is 4.98 Å². The summed E-state index contributed by atoms with van der Waals surface area (Å²) in [6, 6.07) is 7.14. The van der Waals surface area contributed by atoms with Gasteiger partial charge in [-0.15, -0.1) is 11.3 Å². The maximum Gasteiger partial charge on any atom is 0.263 e. The second-order valence-electron chi connectivity index (χ2n) is 6.48. The Hall–Kier alpha value is -2.67. The molecule has 2 heterocycles. The molecule has 134 valence electrons. The highest BCUT2D eigenvalue weighted by Crippen LogP contribution is 2.34. The number of nitrogens with one attached hydrogen (secondary N) is 2. The molecule has 4 rings (SSSR count). The van der Waals surface area contributed by atoms with E-state index in [-0.39, 0.29) is 11.5 Å². The number of nitrogens with zero attached hydrogens (tertiary/aromatic N) is 2. The Morgan fingerprint density at radius 3 is 2.88 bits per heavy atom. The van der Waals surface area contributed by atoms with Gasteiger partial charge < -0.3 is 10.6 Å². The fraction of sp³-hybridized carbons (Fsp3) is 0.316. The van der Waals surface area contributed by atoms with Crippen LogP contribution in [0.5, 0.6) is 0 Å². The second kappa shape index (κ2) is 6.57. The van der Waals surface area contributed by atoms with E-state index >= 15 is 0 Å². The fourth-order valence-corrected chi connectivity index (χ4v) is 4.66. The minimum atomic E-state index is -0.156. The predicted molar refractivity (Wildman–Crippen MR) is 105 cm³/mol. The molecule has 0 bridgehead atoms. The zero-order valence-electron chi connectivity index (χ0n) is 14.8. The van der Waals surface area contributed by atoms with E-state index in [0.717, 1.165) is 29.5 Å². The van der Waals surface area contributed by atoms with Gasteiger partial charge in [0.25, 0.3) is 11.5 Å². The third-order valence-corrected chi connectivity index (χ3v) is 5.99. The number of thiophene rings is 1. The molecular formula is C19H20N4O2S. The Bertz CT molecular complexity index is 1070. The van der Waals surface area contributed by atoms with Crippen molar-refractivity contribution in [3.05, 3.63) is 50.6 Å². The van der Waals surface area contributed by atoms with Crippen molar-refractivity contribution in [3.8, 4) is 0 Å². The van der Waals surface area contributed by atoms with Gasteiger partial charge in [0.1, 0.15) is 4.83 Å². The van der Waals surface area contributed by atoms with E-state index in [1.165, 1.54) is 16.9 Å². The Labute approximate surface area is 154 Å². The minimum Gasteiger partial charge on any atom is -0.355 e. The largest absolute Gasteiger partial charge is 0.355 e. The SMILES string of the molecule is CNC(=O)c1cccc(Nc2nc3sc4c(c3c(=O)n2C)CCCC4)c1. The first kappa shape index (κ1) is 16.8. The molecule has 6 nitrogen and oxygen atoms in total. The summed E-state index contributed by atoms with van der Waals surface area (Å²) in [6.07, 6.45) is 4.31. The Kier molecular flexibility index (Phi) is 4.24. The lowest BCUT2D eigenvalue weighted by Gasteiger charge is -2.12. The molecule has 0 spiro atoms. The number of amides is 1. The van der Waals surface area contributed by atoms with Crippen molar-refractivity contribution in [2.75, 3.05) is 12.4 Å². The Morgan fingerprint density at radius 1 is 1.27 bits per heavy atom. The first-order valence-electron chi connectivity index (χ1n) is 8.69. The number of hydrogen-bond donors (Lipinski definition) is 2. The van der Waals surface area contributed by atoms with Crippen molar-refractivity contribution in [3.63, 3.8) is 0 Å². The van der Waals surface area contributed by atoms with Crippen LogP contribution in [-0.4, -0.2) is 22.5 Å². The fourth-order valence-electron chi connectivity index (χ4n) is 3.41. The number of hydrogen-bond acceptors (Lipinski definition) is 5. The van der Waals surface area contributed by atoms with Gasteiger partial charge in [0.15, 0.2) is 0 Å². The van der Waals surface area contributed by atoms with Crippen LogP contribution in [0.3, 0.4) is 0 Å². The molecule has 0 radical (unpaired) electrons. The smallest absolute Gasteiger partial charge is 0.263 e. The molecule has 0 unspecified atom stereocenters. The third kappa shape index (κ3) is 2.78. The summed E-state index contributed by atoms with van der Waals surface area (Å²) in [5.74, 6) is 0.326. The van der Waals surface area contributed by atoms with Gasteiger partial charge in [-0.3, -0.25) is 14.2 Å². The number of anilines is 2. The molecule has 26 heavy (non-hydrogen) atoms. The summed E-state index contributed by atoms with van der Waals surface area (Å²) in [4.78, 5) is 31.5. The number of carbonyl (C=O) groups excluding carboxylic acids is 1. The van der Waals surface area contributed by atoms with Crippen LogP contribution in [-0.2, 0) is 19.9 Å². The number of aryl methyl sites for hydroxylation is 2. The normalized spacial score (nSPS) is 13.5. The highest BCUT2D eigenvalue weighted by molar-refractivity contribution is 7.18. The van der Waals surface area contributed by atoms with E-state index in [1.54, 1.807) is 48.2 Å². The van der Waals surface area contributed by atoms with Crippen LogP contribution in [0.4, 0.5) is 11.6 Å². The molecular weight excluding hydrogens is 348 g/mol. The van der Waals surface area contributed by atoms with Crippen molar-refractivity contribution in [1.82, 2.24) is 14.9 Å². The standard InChI is InChI=1S/C19H20N4O2S/c1-20-16(24)11-6-5-7-12(10-11)21-19-22-17-15(18(25)23(19)2)13-8-3-4-9-14(13)26-17/h5-7,10H,3-4,8-9H2,1-2H3,(H,20,24)(H,21,22). The lowest BCUT2D eigenvalue weighted by atomic mass is 9.97. The maximum atomic E-state index is 12.9. The van der Waals surface area contributed by atoms with Gasteiger partial charge >= 0.3 is 0 Å². The molecule has 1 aliphatic rings. The average Bonchev–Trinajstić information content (AvgIpc) is 3.03. The zero-order chi connectivity index (χ0) is 18.3. The van der Waals surface area contributed by atoms with Gasteiger partial charge in [-0.2, -0.15) is 0 Å². The van der Waals surface area contributed by atoms with Crippen molar-refractivity contribution >= 4 is 39.1 Å². The van der Waals surface area contributed by atoms with E-state index in [2.05, 4.69) is 10.6 Å². The summed E-state index contributed by atoms with van der Waals surface area (Å²) in [7, 11) is 3.33. The Morgan fingerprint density at radius 2 is 2.08 bits per heavy atom. The molecule has 3 aromatic rings. The molecule has 0 saturated carbocycles. The molecule has 1 aromatic carbocycles. The lowest BCUT2D eigenvalue weighted by Crippen LogP contribution is -2.22. The van der Waals surface area contributed by atoms with Gasteiger partial charge in [0.2, 0.25) is 5.95 Å². The summed E-state index contributed by atoms with van der Waals surface area (Å²) in [6.45, 7) is 0. The second-order valence-corrected chi connectivity index (χ2v) is 7.56. The lowest BCUT2D eigenvalue weighted by molar-refractivity contribution is 0.0963. The topological polar surface area (TPSA) is 76.0 Å². The highest BCUT2D eigenvalue weighted by Gasteiger charge is 2.21. The molecule has 1 aliphatic carbocycles. The number of carbonyl (C=O) groups is 1. The zero-order valence-corrected chi connectivity index (χ0v) is 15.6. The molecule has 7 heteroatoms. The first-order chi connectivity index (χ1) is 12.6. The summed E-state index contributed by atoms with van der Waals surface area (Å²) in [5.41, 5.74) is 2.45. The summed E-state index contributed by atoms with van der Waals surface area (Å²) in [5, 5.41) is 6.57. The molecule has 0 saturated heterocycles. The van der Waals surface area contributed by atoms with E-state index in [4.69, 9.17) is 4.98 Å². The van der Waals surface area contributed by atoms with E-state index in [9.17, 15) is 9.59 Å².